The topological polar surface area (TPSA) is 72.2 Å². The van der Waals surface area contributed by atoms with Gasteiger partial charge in [0.1, 0.15) is 5.82 Å². The molecule has 0 saturated heterocycles. The third-order valence-electron chi connectivity index (χ3n) is 2.59. The number of nitro groups is 1. The monoisotopic (exact) mass is 296 g/mol. The second kappa shape index (κ2) is 5.61. The largest absolute Gasteiger partial charge is 0.319 e. The van der Waals surface area contributed by atoms with E-state index in [1.807, 2.05) is 0 Å². The van der Waals surface area contributed by atoms with Crippen molar-refractivity contribution in [2.24, 2.45) is 0 Å². The fourth-order valence-electron chi connectivity index (χ4n) is 1.55. The number of benzene rings is 2. The quantitative estimate of drug-likeness (QED) is 0.698. The maximum Gasteiger partial charge on any atom is 0.271 e. The maximum atomic E-state index is 13.5. The Balaban J connectivity index is 2.28. The zero-order valence-electron chi connectivity index (χ0n) is 10.3. The highest BCUT2D eigenvalue weighted by Crippen LogP contribution is 2.22. The van der Waals surface area contributed by atoms with Gasteiger partial charge in [0.05, 0.1) is 10.6 Å². The van der Waals surface area contributed by atoms with E-state index >= 15 is 0 Å². The first kappa shape index (κ1) is 14.5. The fourth-order valence-corrected chi connectivity index (χ4v) is 1.55. The van der Waals surface area contributed by atoms with Gasteiger partial charge >= 0.3 is 0 Å². The van der Waals surface area contributed by atoms with Crippen molar-refractivity contribution in [3.05, 3.63) is 69.5 Å². The average molecular weight is 296 g/mol. The molecule has 8 heteroatoms. The van der Waals surface area contributed by atoms with Crippen LogP contribution in [0.3, 0.4) is 0 Å². The normalized spacial score (nSPS) is 10.2. The number of amides is 1. The molecule has 1 N–H and O–H groups in total. The third-order valence-corrected chi connectivity index (χ3v) is 2.59. The number of non-ortho nitro benzene ring substituents is 1. The molecule has 0 heterocycles. The molecule has 2 rings (SSSR count). The van der Waals surface area contributed by atoms with Gasteiger partial charge in [0, 0.05) is 17.7 Å². The first-order chi connectivity index (χ1) is 9.88. The summed E-state index contributed by atoms with van der Waals surface area (Å²) in [5.74, 6) is -4.18. The molecule has 0 aliphatic heterocycles. The molecule has 5 nitrogen and oxygen atoms in total. The highest BCUT2D eigenvalue weighted by molar-refractivity contribution is 6.04. The lowest BCUT2D eigenvalue weighted by Gasteiger charge is -2.06. The van der Waals surface area contributed by atoms with Gasteiger partial charge < -0.3 is 5.32 Å². The Kier molecular flexibility index (Phi) is 3.88. The molecule has 108 valence electrons. The van der Waals surface area contributed by atoms with Crippen LogP contribution >= 0.6 is 0 Å². The van der Waals surface area contributed by atoms with Crippen LogP contribution in [0.5, 0.6) is 0 Å². The van der Waals surface area contributed by atoms with E-state index in [9.17, 15) is 28.1 Å². The molecule has 0 aliphatic rings. The number of rotatable bonds is 3. The zero-order valence-corrected chi connectivity index (χ0v) is 10.3. The smallest absolute Gasteiger partial charge is 0.271 e. The lowest BCUT2D eigenvalue weighted by Crippen LogP contribution is -2.13. The summed E-state index contributed by atoms with van der Waals surface area (Å²) in [6.07, 6.45) is 0. The number of hydrogen-bond acceptors (Lipinski definition) is 3. The molecule has 1 amide bonds. The van der Waals surface area contributed by atoms with E-state index < -0.39 is 39.7 Å². The van der Waals surface area contributed by atoms with E-state index in [2.05, 4.69) is 5.32 Å². The van der Waals surface area contributed by atoms with Gasteiger partial charge in [-0.05, 0) is 24.3 Å². The molecule has 2 aromatic rings. The van der Waals surface area contributed by atoms with Gasteiger partial charge in [-0.2, -0.15) is 0 Å². The Hall–Kier alpha value is -2.90. The van der Waals surface area contributed by atoms with Crippen molar-refractivity contribution in [3.8, 4) is 0 Å². The summed E-state index contributed by atoms with van der Waals surface area (Å²) in [5.41, 5.74) is -1.10. The number of nitrogens with one attached hydrogen (secondary N) is 1. The van der Waals surface area contributed by atoms with Crippen molar-refractivity contribution in [3.63, 3.8) is 0 Å². The lowest BCUT2D eigenvalue weighted by atomic mass is 10.2. The molecule has 0 bridgehead atoms. The van der Waals surface area contributed by atoms with Crippen molar-refractivity contribution in [1.82, 2.24) is 0 Å². The van der Waals surface area contributed by atoms with Crippen molar-refractivity contribution < 1.29 is 22.9 Å². The molecule has 0 fully saturated rings. The maximum absolute atomic E-state index is 13.5. The Morgan fingerprint density at radius 3 is 2.29 bits per heavy atom. The Morgan fingerprint density at radius 1 is 1.00 bits per heavy atom. The number of carbonyl (C=O) groups excluding carboxylic acids is 1. The van der Waals surface area contributed by atoms with Crippen LogP contribution < -0.4 is 5.32 Å². The fraction of sp³-hybridized carbons (Fsp3) is 0. The number of anilines is 1. The van der Waals surface area contributed by atoms with Gasteiger partial charge in [-0.1, -0.05) is 0 Å². The lowest BCUT2D eigenvalue weighted by molar-refractivity contribution is -0.384. The molecule has 0 aliphatic carbocycles. The van der Waals surface area contributed by atoms with E-state index in [1.165, 1.54) is 0 Å². The summed E-state index contributed by atoms with van der Waals surface area (Å²) in [6, 6.07) is 4.96. The Labute approximate surface area is 116 Å². The number of nitro benzene ring substituents is 1. The molecule has 0 atom stereocenters. The van der Waals surface area contributed by atoms with Crippen LogP contribution in [-0.4, -0.2) is 10.8 Å². The van der Waals surface area contributed by atoms with Crippen molar-refractivity contribution in [2.45, 2.75) is 0 Å². The molecule has 0 saturated carbocycles. The van der Waals surface area contributed by atoms with Crippen LogP contribution in [-0.2, 0) is 0 Å². The van der Waals surface area contributed by atoms with Gasteiger partial charge in [0.2, 0.25) is 0 Å². The first-order valence-electron chi connectivity index (χ1n) is 5.59. The molecule has 21 heavy (non-hydrogen) atoms. The van der Waals surface area contributed by atoms with E-state index in [0.29, 0.717) is 6.07 Å². The summed E-state index contributed by atoms with van der Waals surface area (Å²) in [7, 11) is 0. The minimum Gasteiger partial charge on any atom is -0.319 e. The molecule has 0 radical (unpaired) electrons. The van der Waals surface area contributed by atoms with Crippen LogP contribution in [0.1, 0.15) is 10.4 Å². The van der Waals surface area contributed by atoms with Gasteiger partial charge in [0.25, 0.3) is 11.6 Å². The van der Waals surface area contributed by atoms with Gasteiger partial charge in [-0.15, -0.1) is 0 Å². The van der Waals surface area contributed by atoms with E-state index in [4.69, 9.17) is 0 Å². The van der Waals surface area contributed by atoms with Gasteiger partial charge in [-0.3, -0.25) is 14.9 Å². The standard InChI is InChI=1S/C13H7F3N2O3/c14-9-3-1-7(5-11(9)16)13(19)17-12-6-8(18(20)21)2-4-10(12)15/h1-6H,(H,17,19). The number of nitrogens with zero attached hydrogens (tertiary/aromatic N) is 1. The Bertz CT molecular complexity index is 735. The minimum atomic E-state index is -1.23. The molecule has 0 spiro atoms. The van der Waals surface area contributed by atoms with E-state index in [0.717, 1.165) is 30.3 Å². The third kappa shape index (κ3) is 3.16. The van der Waals surface area contributed by atoms with Crippen LogP contribution in [0.4, 0.5) is 24.5 Å². The molecule has 2 aromatic carbocycles. The van der Waals surface area contributed by atoms with E-state index in [1.54, 1.807) is 0 Å². The highest BCUT2D eigenvalue weighted by atomic mass is 19.2. The summed E-state index contributed by atoms with van der Waals surface area (Å²) < 4.78 is 39.2. The summed E-state index contributed by atoms with van der Waals surface area (Å²) in [4.78, 5) is 21.6. The SMILES string of the molecule is O=C(Nc1cc([N+](=O)[O-])ccc1F)c1ccc(F)c(F)c1. The van der Waals surface area contributed by atoms with E-state index in [-0.39, 0.29) is 5.56 Å². The molecule has 0 unspecified atom stereocenters. The average Bonchev–Trinajstić information content (AvgIpc) is 2.43. The van der Waals surface area contributed by atoms with Crippen LogP contribution in [0.2, 0.25) is 0 Å². The zero-order chi connectivity index (χ0) is 15.6. The van der Waals surface area contributed by atoms with Crippen LogP contribution in [0.15, 0.2) is 36.4 Å². The predicted molar refractivity (Wildman–Crippen MR) is 67.4 cm³/mol. The summed E-state index contributed by atoms with van der Waals surface area (Å²) >= 11 is 0. The minimum absolute atomic E-state index is 0.250. The molecular formula is C13H7F3N2O3. The predicted octanol–water partition coefficient (Wildman–Crippen LogP) is 3.26. The van der Waals surface area contributed by atoms with Crippen molar-refractivity contribution in [2.75, 3.05) is 5.32 Å². The van der Waals surface area contributed by atoms with Gasteiger partial charge in [0.15, 0.2) is 11.6 Å². The molecular weight excluding hydrogens is 289 g/mol. The summed E-state index contributed by atoms with van der Waals surface area (Å²) in [5, 5.41) is 12.6. The van der Waals surface area contributed by atoms with Crippen molar-refractivity contribution >= 4 is 17.3 Å². The second-order valence-corrected chi connectivity index (χ2v) is 4.00. The Morgan fingerprint density at radius 2 is 1.67 bits per heavy atom. The molecule has 0 aromatic heterocycles. The highest BCUT2D eigenvalue weighted by Gasteiger charge is 2.15. The van der Waals surface area contributed by atoms with Crippen LogP contribution in [0, 0.1) is 27.6 Å². The summed E-state index contributed by atoms with van der Waals surface area (Å²) in [6.45, 7) is 0. The second-order valence-electron chi connectivity index (χ2n) is 4.00. The first-order valence-corrected chi connectivity index (χ1v) is 5.59. The number of hydrogen-bond donors (Lipinski definition) is 1. The number of halogens is 3. The van der Waals surface area contributed by atoms with Crippen molar-refractivity contribution in [1.29, 1.82) is 0 Å². The van der Waals surface area contributed by atoms with Crippen LogP contribution in [0.25, 0.3) is 0 Å². The number of carbonyl (C=O) groups is 1. The van der Waals surface area contributed by atoms with Gasteiger partial charge in [-0.25, -0.2) is 13.2 Å².